The Labute approximate surface area is 194 Å². The normalized spacial score (nSPS) is 28.9. The van der Waals surface area contributed by atoms with Crippen molar-refractivity contribution in [1.29, 1.82) is 0 Å². The first kappa shape index (κ1) is 20.7. The number of rotatable bonds is 4. The van der Waals surface area contributed by atoms with E-state index in [1.54, 1.807) is 19.1 Å². The zero-order valence-corrected chi connectivity index (χ0v) is 19.3. The first-order chi connectivity index (χ1) is 14.9. The van der Waals surface area contributed by atoms with E-state index in [0.29, 0.717) is 16.6 Å². The van der Waals surface area contributed by atoms with Gasteiger partial charge < -0.3 is 5.32 Å². The fourth-order valence-electron chi connectivity index (χ4n) is 5.88. The zero-order chi connectivity index (χ0) is 21.9. The molecule has 2 aromatic rings. The van der Waals surface area contributed by atoms with Crippen molar-refractivity contribution in [3.8, 4) is 0 Å². The summed E-state index contributed by atoms with van der Waals surface area (Å²) in [5.41, 5.74) is 2.54. The molecule has 2 saturated carbocycles. The van der Waals surface area contributed by atoms with Crippen molar-refractivity contribution in [3.05, 3.63) is 63.1 Å². The number of imide groups is 1. The maximum Gasteiger partial charge on any atom is 0.244 e. The van der Waals surface area contributed by atoms with Gasteiger partial charge in [-0.1, -0.05) is 41.9 Å². The number of fused-ring (bicyclic) bond motifs is 5. The molecular weight excluding hydrogens is 480 g/mol. The number of hydrogen-bond donors (Lipinski definition) is 1. The maximum atomic E-state index is 13.2. The number of benzene rings is 2. The number of amides is 3. The summed E-state index contributed by atoms with van der Waals surface area (Å²) in [6, 6.07) is 13.8. The molecule has 0 unspecified atom stereocenters. The zero-order valence-electron chi connectivity index (χ0n) is 17.0. The quantitative estimate of drug-likeness (QED) is 0.614. The Morgan fingerprint density at radius 2 is 1.81 bits per heavy atom. The second kappa shape index (κ2) is 7.75. The van der Waals surface area contributed by atoms with E-state index >= 15 is 0 Å². The first-order valence-electron chi connectivity index (χ1n) is 10.5. The molecule has 160 valence electrons. The number of carbonyl (C=O) groups is 3. The Hall–Kier alpha value is -2.18. The fraction of sp³-hybridized carbons (Fsp3) is 0.375. The van der Waals surface area contributed by atoms with Crippen molar-refractivity contribution in [1.82, 2.24) is 4.90 Å². The second-order valence-electron chi connectivity index (χ2n) is 8.81. The molecule has 0 spiro atoms. The van der Waals surface area contributed by atoms with Crippen molar-refractivity contribution in [2.45, 2.75) is 25.7 Å². The molecule has 31 heavy (non-hydrogen) atoms. The van der Waals surface area contributed by atoms with Gasteiger partial charge in [-0.3, -0.25) is 19.3 Å². The number of hydrogen-bond acceptors (Lipinski definition) is 3. The largest absolute Gasteiger partial charge is 0.324 e. The summed E-state index contributed by atoms with van der Waals surface area (Å²) in [7, 11) is 0. The van der Waals surface area contributed by atoms with Gasteiger partial charge in [0.1, 0.15) is 6.54 Å². The van der Waals surface area contributed by atoms with Gasteiger partial charge in [0.05, 0.1) is 16.9 Å². The Kier molecular flexibility index (Phi) is 5.18. The summed E-state index contributed by atoms with van der Waals surface area (Å²) in [6.45, 7) is 1.55. The molecule has 7 heteroatoms. The standard InChI is InChI=1S/C24H22BrClN2O3/c1-12-18(8-7-17(25)22(12)26)27-19(29)11-28-23(30)20-14-9-15(13-5-3-2-4-6-13)16(10-14)21(20)24(28)31/h2-8,14-16,20-21H,9-11H2,1H3,(H,27,29)/t14-,15-,16+,20-,21-/m0/s1. The van der Waals surface area contributed by atoms with Crippen molar-refractivity contribution >= 4 is 50.9 Å². The molecule has 1 aliphatic heterocycles. The summed E-state index contributed by atoms with van der Waals surface area (Å²) in [6.07, 6.45) is 1.86. The molecule has 3 aliphatic rings. The highest BCUT2D eigenvalue weighted by Crippen LogP contribution is 2.61. The molecule has 5 rings (SSSR count). The molecule has 5 nitrogen and oxygen atoms in total. The average Bonchev–Trinajstić information content (AvgIpc) is 3.43. The highest BCUT2D eigenvalue weighted by molar-refractivity contribution is 9.10. The van der Waals surface area contributed by atoms with Gasteiger partial charge in [0.2, 0.25) is 17.7 Å². The van der Waals surface area contributed by atoms with Gasteiger partial charge >= 0.3 is 0 Å². The van der Waals surface area contributed by atoms with Crippen molar-refractivity contribution in [3.63, 3.8) is 0 Å². The predicted octanol–water partition coefficient (Wildman–Crippen LogP) is 4.77. The van der Waals surface area contributed by atoms with Gasteiger partial charge in [-0.15, -0.1) is 0 Å². The molecular formula is C24H22BrClN2O3. The molecule has 1 heterocycles. The third-order valence-corrected chi connectivity index (χ3v) is 8.63. The second-order valence-corrected chi connectivity index (χ2v) is 10.0. The van der Waals surface area contributed by atoms with Gasteiger partial charge in [-0.25, -0.2) is 0 Å². The number of nitrogens with one attached hydrogen (secondary N) is 1. The number of likely N-dealkylation sites (tertiary alicyclic amines) is 1. The summed E-state index contributed by atoms with van der Waals surface area (Å²) >= 11 is 9.59. The molecule has 2 aliphatic carbocycles. The highest BCUT2D eigenvalue weighted by Gasteiger charge is 2.63. The van der Waals surface area contributed by atoms with E-state index in [2.05, 4.69) is 33.4 Å². The lowest BCUT2D eigenvalue weighted by molar-refractivity contribution is -0.143. The maximum absolute atomic E-state index is 13.2. The molecule has 3 fully saturated rings. The molecule has 3 amide bonds. The van der Waals surface area contributed by atoms with E-state index in [4.69, 9.17) is 11.6 Å². The lowest BCUT2D eigenvalue weighted by Gasteiger charge is -2.28. The number of anilines is 1. The minimum atomic E-state index is -0.393. The molecule has 1 saturated heterocycles. The van der Waals surface area contributed by atoms with Crippen LogP contribution >= 0.6 is 27.5 Å². The van der Waals surface area contributed by atoms with Crippen molar-refractivity contribution < 1.29 is 14.4 Å². The molecule has 2 aromatic carbocycles. The van der Waals surface area contributed by atoms with Crippen LogP contribution in [0.15, 0.2) is 46.9 Å². The smallest absolute Gasteiger partial charge is 0.244 e. The van der Waals surface area contributed by atoms with E-state index in [9.17, 15) is 14.4 Å². The summed E-state index contributed by atoms with van der Waals surface area (Å²) < 4.78 is 0.742. The Bertz CT molecular complexity index is 1090. The minimum Gasteiger partial charge on any atom is -0.324 e. The predicted molar refractivity (Wildman–Crippen MR) is 122 cm³/mol. The van der Waals surface area contributed by atoms with Crippen LogP contribution in [0.25, 0.3) is 0 Å². The van der Waals surface area contributed by atoms with E-state index < -0.39 is 5.91 Å². The Morgan fingerprint density at radius 3 is 2.55 bits per heavy atom. The van der Waals surface area contributed by atoms with E-state index in [-0.39, 0.29) is 42.0 Å². The van der Waals surface area contributed by atoms with Crippen LogP contribution in [0.5, 0.6) is 0 Å². The van der Waals surface area contributed by atoms with Crippen LogP contribution in [0.4, 0.5) is 5.69 Å². The van der Waals surface area contributed by atoms with Gasteiger partial charge in [-0.05, 0) is 76.7 Å². The highest BCUT2D eigenvalue weighted by atomic mass is 79.9. The monoisotopic (exact) mass is 500 g/mol. The number of nitrogens with zero attached hydrogens (tertiary/aromatic N) is 1. The van der Waals surface area contributed by atoms with Gasteiger partial charge in [0, 0.05) is 10.2 Å². The first-order valence-corrected chi connectivity index (χ1v) is 11.7. The summed E-state index contributed by atoms with van der Waals surface area (Å²) in [5, 5.41) is 3.31. The molecule has 2 bridgehead atoms. The summed E-state index contributed by atoms with van der Waals surface area (Å²) in [5.74, 6) is -0.631. The molecule has 0 radical (unpaired) electrons. The number of halogens is 2. The van der Waals surface area contributed by atoms with Crippen molar-refractivity contribution in [2.75, 3.05) is 11.9 Å². The number of carbonyl (C=O) groups excluding carboxylic acids is 3. The van der Waals surface area contributed by atoms with Crippen LogP contribution in [-0.4, -0.2) is 29.2 Å². The topological polar surface area (TPSA) is 66.5 Å². The van der Waals surface area contributed by atoms with Crippen LogP contribution in [-0.2, 0) is 14.4 Å². The third-order valence-electron chi connectivity index (χ3n) is 7.25. The van der Waals surface area contributed by atoms with Crippen LogP contribution in [0.2, 0.25) is 5.02 Å². The molecule has 1 N–H and O–H groups in total. The fourth-order valence-corrected chi connectivity index (χ4v) is 6.48. The summed E-state index contributed by atoms with van der Waals surface area (Å²) in [4.78, 5) is 40.2. The van der Waals surface area contributed by atoms with E-state index in [1.165, 1.54) is 10.5 Å². The van der Waals surface area contributed by atoms with Crippen molar-refractivity contribution in [2.24, 2.45) is 23.7 Å². The lowest BCUT2D eigenvalue weighted by Crippen LogP contribution is -2.39. The van der Waals surface area contributed by atoms with Crippen LogP contribution < -0.4 is 5.32 Å². The van der Waals surface area contributed by atoms with Crippen LogP contribution in [0.3, 0.4) is 0 Å². The minimum absolute atomic E-state index is 0.175. The van der Waals surface area contributed by atoms with Gasteiger partial charge in [0.15, 0.2) is 0 Å². The Morgan fingerprint density at radius 1 is 1.10 bits per heavy atom. The molecule has 0 aromatic heterocycles. The van der Waals surface area contributed by atoms with Gasteiger partial charge in [-0.2, -0.15) is 0 Å². The SMILES string of the molecule is Cc1c(NC(=O)CN2C(=O)[C@H]3[C@@H]4C[C@@H]([C@@H]3C2=O)[C@H](c2ccccc2)C4)ccc(Br)c1Cl. The van der Waals surface area contributed by atoms with Gasteiger partial charge in [0.25, 0.3) is 0 Å². The van der Waals surface area contributed by atoms with Crippen LogP contribution in [0.1, 0.15) is 29.9 Å². The van der Waals surface area contributed by atoms with Crippen LogP contribution in [0, 0.1) is 30.6 Å². The van der Waals surface area contributed by atoms with E-state index in [1.807, 2.05) is 18.2 Å². The molecule has 5 atom stereocenters. The third kappa shape index (κ3) is 3.31. The van der Waals surface area contributed by atoms with E-state index in [0.717, 1.165) is 22.9 Å². The Balaban J connectivity index is 1.32. The average molecular weight is 502 g/mol. The lowest BCUT2D eigenvalue weighted by atomic mass is 9.73.